The first-order valence-electron chi connectivity index (χ1n) is 25.1. The summed E-state index contributed by atoms with van der Waals surface area (Å²) in [6.07, 6.45) is -1.82. The Balaban J connectivity index is 1.42. The number of aromatic hydroxyl groups is 2. The van der Waals surface area contributed by atoms with Gasteiger partial charge in [0.1, 0.15) is 53.8 Å². The fraction of sp³-hybridized carbons (Fsp3) is 0.377. The third kappa shape index (κ3) is 17.0. The van der Waals surface area contributed by atoms with E-state index in [-0.39, 0.29) is 67.9 Å². The lowest BCUT2D eigenvalue weighted by Gasteiger charge is -2.40. The number of hydrogen-bond donors (Lipinski definition) is 13. The van der Waals surface area contributed by atoms with Gasteiger partial charge in [0.2, 0.25) is 53.2 Å². The van der Waals surface area contributed by atoms with E-state index in [4.69, 9.17) is 34.5 Å². The van der Waals surface area contributed by atoms with Crippen molar-refractivity contribution in [2.45, 2.75) is 105 Å². The number of phenolic OH excluding ortho intramolecular Hbond substituents is 2. The molecule has 2 bridgehead atoms. The van der Waals surface area contributed by atoms with Gasteiger partial charge in [0.15, 0.2) is 0 Å². The second-order valence-electron chi connectivity index (χ2n) is 19.1. The summed E-state index contributed by atoms with van der Waals surface area (Å²) in [7, 11) is 2.98. The predicted molar refractivity (Wildman–Crippen MR) is 296 cm³/mol. The third-order valence-electron chi connectivity index (χ3n) is 13.3. The molecular formula is C53H64ClN11O12S2. The molecule has 79 heavy (non-hydrogen) atoms. The van der Waals surface area contributed by atoms with Crippen LogP contribution in [-0.4, -0.2) is 152 Å². The van der Waals surface area contributed by atoms with Crippen LogP contribution in [0.25, 0.3) is 0 Å². The molecule has 422 valence electrons. The number of nitrogens with zero attached hydrogens (tertiary/aromatic N) is 1. The molecule has 0 aromatic heterocycles. The molecule has 0 aliphatic carbocycles. The van der Waals surface area contributed by atoms with Gasteiger partial charge in [-0.3, -0.25) is 43.2 Å². The lowest BCUT2D eigenvalue weighted by molar-refractivity contribution is -0.142. The van der Waals surface area contributed by atoms with E-state index in [1.54, 1.807) is 24.3 Å². The lowest BCUT2D eigenvalue weighted by Crippen LogP contribution is -2.71. The Morgan fingerprint density at radius 3 is 1.89 bits per heavy atom. The number of carbonyl (C=O) groups excluding carboxylic acids is 9. The number of carbonyl (C=O) groups is 9. The summed E-state index contributed by atoms with van der Waals surface area (Å²) >= 11 is 6.08. The maximum absolute atomic E-state index is 15.1. The first-order chi connectivity index (χ1) is 37.6. The molecule has 1 unspecified atom stereocenters. The van der Waals surface area contributed by atoms with Crippen LogP contribution in [0.5, 0.6) is 11.5 Å². The molecule has 2 fully saturated rings. The Bertz CT molecular complexity index is 2840. The number of aliphatic hydroxyl groups is 1. The molecule has 6 rings (SSSR count). The lowest BCUT2D eigenvalue weighted by atomic mass is 9.94. The zero-order chi connectivity index (χ0) is 57.5. The Hall–Kier alpha value is -7.42. The molecule has 2 aliphatic heterocycles. The molecule has 26 heteroatoms. The van der Waals surface area contributed by atoms with Gasteiger partial charge in [-0.2, -0.15) is 0 Å². The number of piperidine rings is 1. The largest absolute Gasteiger partial charge is 0.508 e. The van der Waals surface area contributed by atoms with Crippen LogP contribution in [0.4, 0.5) is 0 Å². The van der Waals surface area contributed by atoms with Crippen molar-refractivity contribution in [2.24, 2.45) is 22.9 Å². The first-order valence-corrected chi connectivity index (χ1v) is 27.9. The summed E-state index contributed by atoms with van der Waals surface area (Å²) in [6, 6.07) is 12.1. The molecule has 4 aromatic carbocycles. The van der Waals surface area contributed by atoms with Gasteiger partial charge in [0.05, 0.1) is 17.4 Å². The molecule has 17 N–H and O–H groups in total. The monoisotopic (exact) mass is 1150 g/mol. The number of halogens is 1. The van der Waals surface area contributed by atoms with E-state index < -0.39 is 113 Å². The number of benzene rings is 4. The van der Waals surface area contributed by atoms with Crippen LogP contribution in [0.1, 0.15) is 51.9 Å². The smallest absolute Gasteiger partial charge is 0.248 e. The van der Waals surface area contributed by atoms with Crippen LogP contribution in [-0.2, 0) is 64.0 Å². The molecule has 0 radical (unpaired) electrons. The number of hydrogen-bond acceptors (Lipinski definition) is 16. The number of nitrogens with two attached hydrogens (primary N) is 4. The van der Waals surface area contributed by atoms with E-state index in [1.165, 1.54) is 79.8 Å². The Kier molecular flexibility index (Phi) is 21.9. The van der Waals surface area contributed by atoms with E-state index in [0.717, 1.165) is 26.5 Å². The van der Waals surface area contributed by atoms with Crippen LogP contribution in [0.2, 0.25) is 5.02 Å². The van der Waals surface area contributed by atoms with Crippen molar-refractivity contribution < 1.29 is 58.5 Å². The van der Waals surface area contributed by atoms with Crippen molar-refractivity contribution in [2.75, 3.05) is 19.3 Å². The second-order valence-corrected chi connectivity index (χ2v) is 22.2. The van der Waals surface area contributed by atoms with Crippen LogP contribution in [0.15, 0.2) is 97.1 Å². The summed E-state index contributed by atoms with van der Waals surface area (Å²) in [6.45, 7) is 0.215. The van der Waals surface area contributed by atoms with E-state index in [0.29, 0.717) is 33.7 Å². The Morgan fingerprint density at radius 2 is 1.28 bits per heavy atom. The SMILES string of the molecule is CN1C(=O)[C@H](NC(=O)[C@@H](N)Cc2ccc(Cl)cc2)CSSC2[C@@H](C(=O)N[C@H](Cc3ccc(O)cc3)C(N)=O)NC(=O)[C@@H](NC(=O)[C@H](CCCCN)NC(=O)[C@@H](Cc3ccc(C(N)=O)cc3)NC(=O)[C@@H]1Cc1ccc(O)cc1)[C@@H]2O. The van der Waals surface area contributed by atoms with Crippen molar-refractivity contribution in [3.05, 3.63) is 130 Å². The van der Waals surface area contributed by atoms with Crippen molar-refractivity contribution in [3.63, 3.8) is 0 Å². The highest BCUT2D eigenvalue weighted by Crippen LogP contribution is 2.35. The number of amides is 9. The number of rotatable bonds is 18. The fourth-order valence-corrected chi connectivity index (χ4v) is 11.9. The van der Waals surface area contributed by atoms with Crippen molar-refractivity contribution >= 4 is 86.4 Å². The highest BCUT2D eigenvalue weighted by molar-refractivity contribution is 8.77. The van der Waals surface area contributed by atoms with Crippen molar-refractivity contribution in [1.29, 1.82) is 0 Å². The molecule has 9 amide bonds. The predicted octanol–water partition coefficient (Wildman–Crippen LogP) is -1.06. The number of aliphatic hydroxyl groups excluding tert-OH is 1. The number of likely N-dealkylation sites (N-methyl/N-ethyl adjacent to an activating group) is 1. The molecule has 2 aliphatic rings. The molecule has 2 saturated heterocycles. The van der Waals surface area contributed by atoms with Crippen LogP contribution in [0.3, 0.4) is 0 Å². The molecule has 10 atom stereocenters. The van der Waals surface area contributed by atoms with E-state index >= 15 is 4.79 Å². The van der Waals surface area contributed by atoms with E-state index in [2.05, 4.69) is 31.9 Å². The molecule has 0 saturated carbocycles. The van der Waals surface area contributed by atoms with Gasteiger partial charge in [-0.05, 0) is 103 Å². The number of unbranched alkanes of at least 4 members (excludes halogenated alkanes) is 1. The quantitative estimate of drug-likeness (QED) is 0.0417. The van der Waals surface area contributed by atoms with Crippen LogP contribution < -0.4 is 54.8 Å². The Labute approximate surface area is 467 Å². The zero-order valence-electron chi connectivity index (χ0n) is 42.8. The Morgan fingerprint density at radius 1 is 0.722 bits per heavy atom. The highest BCUT2D eigenvalue weighted by atomic mass is 35.5. The maximum atomic E-state index is 15.1. The summed E-state index contributed by atoms with van der Waals surface area (Å²) in [5, 5.41) is 47.0. The summed E-state index contributed by atoms with van der Waals surface area (Å²) in [5.41, 5.74) is 25.6. The van der Waals surface area contributed by atoms with Crippen LogP contribution in [0, 0.1) is 0 Å². The number of nitrogens with one attached hydrogen (secondary N) is 6. The summed E-state index contributed by atoms with van der Waals surface area (Å²) < 4.78 is 0. The minimum absolute atomic E-state index is 0.00696. The summed E-state index contributed by atoms with van der Waals surface area (Å²) in [5.74, 6) is -8.49. The normalized spacial score (nSPS) is 23.1. The average molecular weight is 1150 g/mol. The van der Waals surface area contributed by atoms with Gasteiger partial charge in [-0.25, -0.2) is 0 Å². The number of primary amides is 2. The second kappa shape index (κ2) is 28.5. The molecular weight excluding hydrogens is 1080 g/mol. The van der Waals surface area contributed by atoms with Gasteiger partial charge >= 0.3 is 0 Å². The van der Waals surface area contributed by atoms with Crippen molar-refractivity contribution in [3.8, 4) is 11.5 Å². The van der Waals surface area contributed by atoms with Gasteiger partial charge < -0.3 is 75.1 Å². The van der Waals surface area contributed by atoms with Gasteiger partial charge in [0.25, 0.3) is 0 Å². The van der Waals surface area contributed by atoms with Crippen molar-refractivity contribution in [1.82, 2.24) is 36.8 Å². The molecule has 23 nitrogen and oxygen atoms in total. The molecule has 2 heterocycles. The van der Waals surface area contributed by atoms with Crippen LogP contribution >= 0.6 is 33.2 Å². The minimum Gasteiger partial charge on any atom is -0.508 e. The maximum Gasteiger partial charge on any atom is 0.248 e. The average Bonchev–Trinajstić information content (AvgIpc) is 3.44. The summed E-state index contributed by atoms with van der Waals surface area (Å²) in [4.78, 5) is 127. The standard InChI is InChI=1S/C53H64ClN11O12S2/c1-65-40(25-30-11-19-34(67)20-12-30)50(74)61-38(24-28-5-13-31(14-6-28)45(57)69)49(73)59-36(4-2-3-21-55)48(72)63-41-43(68)44(42(64-51(41)75)52(76)60-37(46(58)70)23-29-9-17-33(66)18-10-29)79-78-26-39(53(65)77)62-47(71)35(56)22-27-7-15-32(54)16-8-27/h5-20,35-44,66-68H,2-4,21-26,55-56H2,1H3,(H2,57,69)(H2,58,70)(H,59,73)(H,60,76)(H,61,74)(H,62,71)(H,63,72)(H,64,75)/t35-,36-,37+,38+,39+,40-,41-,42-,43-,44?/m0/s1. The van der Waals surface area contributed by atoms with Gasteiger partial charge in [0, 0.05) is 42.6 Å². The van der Waals surface area contributed by atoms with Gasteiger partial charge in [-0.15, -0.1) is 0 Å². The minimum atomic E-state index is -1.89. The van der Waals surface area contributed by atoms with E-state index in [9.17, 15) is 53.7 Å². The van der Waals surface area contributed by atoms with Gasteiger partial charge in [-0.1, -0.05) is 81.7 Å². The molecule has 4 aromatic rings. The molecule has 0 spiro atoms. The zero-order valence-corrected chi connectivity index (χ0v) is 45.2. The third-order valence-corrected chi connectivity index (χ3v) is 16.4. The van der Waals surface area contributed by atoms with E-state index in [1.807, 2.05) is 0 Å². The first kappa shape index (κ1) is 60.8. The number of phenols is 2. The highest BCUT2D eigenvalue weighted by Gasteiger charge is 2.49. The number of fused-ring (bicyclic) bond motifs is 2. The fourth-order valence-electron chi connectivity index (χ4n) is 8.77. The topological polar surface area (TPSA) is 394 Å².